The highest BCUT2D eigenvalue weighted by atomic mass is 28.4. The number of carbonyl (C=O) groups excluding carboxylic acids is 4. The summed E-state index contributed by atoms with van der Waals surface area (Å²) in [6.07, 6.45) is -8.15. The van der Waals surface area contributed by atoms with Crippen LogP contribution in [0.25, 0.3) is 0 Å². The molecule has 3 aromatic rings. The molecule has 1 saturated heterocycles. The number of aliphatic hydroxyl groups is 3. The molecule has 2 saturated carbocycles. The normalized spacial score (nSPS) is 32.2. The van der Waals surface area contributed by atoms with Crippen molar-refractivity contribution in [2.24, 2.45) is 22.5 Å². The molecular formula is C51H66N2O12Si. The molecule has 3 aliphatic carbocycles. The van der Waals surface area contributed by atoms with Crippen molar-refractivity contribution in [2.45, 2.75) is 146 Å². The van der Waals surface area contributed by atoms with E-state index in [0.717, 1.165) is 18.1 Å². The van der Waals surface area contributed by atoms with Crippen LogP contribution in [0.4, 0.5) is 0 Å². The fraction of sp³-hybridized carbons (Fsp3) is 0.529. The molecule has 0 radical (unpaired) electrons. The molecule has 356 valence electrons. The van der Waals surface area contributed by atoms with E-state index in [0.29, 0.717) is 16.7 Å². The largest absolute Gasteiger partial charge is 0.456 e. The summed E-state index contributed by atoms with van der Waals surface area (Å²) in [4.78, 5) is 56.0. The highest BCUT2D eigenvalue weighted by Crippen LogP contribution is 2.66. The maximum Gasteiger partial charge on any atom is 0.338 e. The van der Waals surface area contributed by atoms with E-state index in [1.54, 1.807) is 119 Å². The molecule has 11 unspecified atom stereocenters. The maximum absolute atomic E-state index is 14.6. The van der Waals surface area contributed by atoms with Crippen LogP contribution in [0.15, 0.2) is 102 Å². The SMILES string of the molecule is CC[Si](CC)(CC)OC1CC2OCC2(OC(C)=O)C2C(OC(=O)c3ccccc3)C3(O)CC(OC(=O)C(N)C(NC(=O)c4ccccc4)c4ccccc4)C(C)=C(C(O)C(O)[C@]12C)C3(C)C. The van der Waals surface area contributed by atoms with Gasteiger partial charge in [-0.1, -0.05) is 108 Å². The summed E-state index contributed by atoms with van der Waals surface area (Å²) >= 11 is 0. The molecule has 15 heteroatoms. The fourth-order valence-electron chi connectivity index (χ4n) is 11.7. The number of aliphatic hydroxyl groups excluding tert-OH is 2. The smallest absolute Gasteiger partial charge is 0.338 e. The second-order valence-electron chi connectivity index (χ2n) is 19.4. The fourth-order valence-corrected chi connectivity index (χ4v) is 14.6. The van der Waals surface area contributed by atoms with Gasteiger partial charge in [0.1, 0.15) is 36.1 Å². The standard InChI is InChI=1S/C51H66N2O12Si/c1-9-66(10-2,11-3)65-36-27-37-50(29-61-37,64-31(5)54)42-44(63-46(58)34-25-19-14-20-26-34)51(60)28-35(30(4)38(48(51,6)7)41(55)43(56)49(36,42)8)62-47(59)39(52)40(32-21-15-12-16-22-32)53-45(57)33-23-17-13-18-24-33/h12-26,35-37,39-44,55-56,60H,9-11,27-29,52H2,1-8H3,(H,53,57)/t35?,36?,37?,39?,40?,41?,42?,43?,44?,49-,50?,51?/m1/s1. The van der Waals surface area contributed by atoms with Crippen molar-refractivity contribution < 1.29 is 57.9 Å². The third kappa shape index (κ3) is 8.24. The van der Waals surface area contributed by atoms with E-state index < -0.39 is 109 Å². The molecule has 3 fully saturated rings. The molecule has 1 aliphatic heterocycles. The van der Waals surface area contributed by atoms with Crippen LogP contribution < -0.4 is 11.1 Å². The third-order valence-electron chi connectivity index (χ3n) is 15.8. The molecule has 2 bridgehead atoms. The van der Waals surface area contributed by atoms with Gasteiger partial charge in [-0.2, -0.15) is 0 Å². The lowest BCUT2D eigenvalue weighted by Crippen LogP contribution is -2.82. The van der Waals surface area contributed by atoms with Gasteiger partial charge in [0.2, 0.25) is 0 Å². The lowest BCUT2D eigenvalue weighted by Gasteiger charge is -2.70. The van der Waals surface area contributed by atoms with Crippen molar-refractivity contribution in [1.29, 1.82) is 0 Å². The summed E-state index contributed by atoms with van der Waals surface area (Å²) < 4.78 is 32.9. The Bertz CT molecular complexity index is 2280. The number of benzene rings is 3. The van der Waals surface area contributed by atoms with Crippen LogP contribution in [0.2, 0.25) is 18.1 Å². The Hall–Kier alpha value is -4.74. The van der Waals surface area contributed by atoms with Crippen LogP contribution in [-0.4, -0.2) is 108 Å². The third-order valence-corrected chi connectivity index (χ3v) is 20.5. The van der Waals surface area contributed by atoms with Gasteiger partial charge in [0.25, 0.3) is 5.91 Å². The quantitative estimate of drug-likeness (QED) is 0.0548. The maximum atomic E-state index is 14.6. The zero-order valence-electron chi connectivity index (χ0n) is 39.2. The first-order valence-electron chi connectivity index (χ1n) is 23.2. The molecule has 0 aromatic heterocycles. The van der Waals surface area contributed by atoms with Gasteiger partial charge in [0, 0.05) is 36.2 Å². The van der Waals surface area contributed by atoms with E-state index in [2.05, 4.69) is 26.1 Å². The summed E-state index contributed by atoms with van der Waals surface area (Å²) in [6.45, 7) is 14.1. The molecule has 4 aliphatic rings. The van der Waals surface area contributed by atoms with Crippen molar-refractivity contribution >= 4 is 32.1 Å². The minimum absolute atomic E-state index is 0.161. The van der Waals surface area contributed by atoms with Crippen LogP contribution in [0.3, 0.4) is 0 Å². The zero-order chi connectivity index (χ0) is 48.0. The number of hydrogen-bond acceptors (Lipinski definition) is 13. The van der Waals surface area contributed by atoms with Gasteiger partial charge in [-0.15, -0.1) is 0 Å². The minimum atomic E-state index is -2.53. The van der Waals surface area contributed by atoms with E-state index in [1.165, 1.54) is 6.92 Å². The van der Waals surface area contributed by atoms with Crippen LogP contribution in [0.5, 0.6) is 0 Å². The number of amides is 1. The Morgan fingerprint density at radius 2 is 1.42 bits per heavy atom. The Kier molecular flexibility index (Phi) is 14.0. The van der Waals surface area contributed by atoms with Crippen LogP contribution >= 0.6 is 0 Å². The molecule has 1 heterocycles. The molecule has 12 atom stereocenters. The topological polar surface area (TPSA) is 213 Å². The molecule has 14 nitrogen and oxygen atoms in total. The highest BCUT2D eigenvalue weighted by Gasteiger charge is 2.78. The molecule has 66 heavy (non-hydrogen) atoms. The number of esters is 3. The molecule has 1 amide bonds. The number of rotatable bonds is 14. The minimum Gasteiger partial charge on any atom is -0.456 e. The predicted octanol–water partition coefficient (Wildman–Crippen LogP) is 5.95. The number of hydrogen-bond donors (Lipinski definition) is 5. The second-order valence-corrected chi connectivity index (χ2v) is 24.1. The lowest BCUT2D eigenvalue weighted by atomic mass is 9.44. The van der Waals surface area contributed by atoms with Crippen molar-refractivity contribution in [3.63, 3.8) is 0 Å². The molecule has 0 spiro atoms. The molecular weight excluding hydrogens is 861 g/mol. The number of nitrogens with two attached hydrogens (primary N) is 1. The summed E-state index contributed by atoms with van der Waals surface area (Å²) in [6, 6.07) is 25.2. The highest BCUT2D eigenvalue weighted by molar-refractivity contribution is 6.73. The molecule has 7 rings (SSSR count). The Labute approximate surface area is 388 Å². The van der Waals surface area contributed by atoms with E-state index in [1.807, 2.05) is 0 Å². The number of fused-ring (bicyclic) bond motifs is 5. The van der Waals surface area contributed by atoms with Crippen LogP contribution in [0, 0.1) is 16.7 Å². The summed E-state index contributed by atoms with van der Waals surface area (Å²) in [5, 5.41) is 42.9. The number of carbonyl (C=O) groups is 4. The predicted molar refractivity (Wildman–Crippen MR) is 247 cm³/mol. The first-order valence-corrected chi connectivity index (χ1v) is 25.7. The van der Waals surface area contributed by atoms with Crippen LogP contribution in [0.1, 0.15) is 101 Å². The van der Waals surface area contributed by atoms with Crippen molar-refractivity contribution in [3.05, 3.63) is 119 Å². The summed E-state index contributed by atoms with van der Waals surface area (Å²) in [5.74, 6) is -4.14. The van der Waals surface area contributed by atoms with Crippen molar-refractivity contribution in [2.75, 3.05) is 6.61 Å². The van der Waals surface area contributed by atoms with E-state index in [9.17, 15) is 34.5 Å². The summed E-state index contributed by atoms with van der Waals surface area (Å²) in [5.41, 5.74) is 1.44. The van der Waals surface area contributed by atoms with Gasteiger partial charge in [-0.3, -0.25) is 14.4 Å². The molecule has 6 N–H and O–H groups in total. The van der Waals surface area contributed by atoms with Crippen LogP contribution in [-0.2, 0) is 33.0 Å². The number of ether oxygens (including phenoxy) is 4. The average Bonchev–Trinajstić information content (AvgIpc) is 3.31. The Balaban J connectivity index is 1.39. The van der Waals surface area contributed by atoms with Gasteiger partial charge in [-0.05, 0) is 66.0 Å². The first kappa shape index (κ1) is 49.2. The average molecular weight is 927 g/mol. The van der Waals surface area contributed by atoms with Gasteiger partial charge >= 0.3 is 17.9 Å². The Morgan fingerprint density at radius 3 is 1.95 bits per heavy atom. The van der Waals surface area contributed by atoms with Gasteiger partial charge in [0.15, 0.2) is 13.9 Å². The number of nitrogens with one attached hydrogen (secondary N) is 1. The molecule has 3 aromatic carbocycles. The lowest BCUT2D eigenvalue weighted by molar-refractivity contribution is -0.363. The van der Waals surface area contributed by atoms with Gasteiger partial charge in [0.05, 0.1) is 36.3 Å². The Morgan fingerprint density at radius 1 is 0.864 bits per heavy atom. The van der Waals surface area contributed by atoms with E-state index in [-0.39, 0.29) is 30.6 Å². The first-order chi connectivity index (χ1) is 31.2. The van der Waals surface area contributed by atoms with E-state index in [4.69, 9.17) is 29.1 Å². The van der Waals surface area contributed by atoms with Gasteiger partial charge in [-0.25, -0.2) is 4.79 Å². The van der Waals surface area contributed by atoms with Crippen molar-refractivity contribution in [1.82, 2.24) is 5.32 Å². The van der Waals surface area contributed by atoms with Crippen molar-refractivity contribution in [3.8, 4) is 0 Å². The monoisotopic (exact) mass is 926 g/mol. The second kappa shape index (κ2) is 18.7. The summed E-state index contributed by atoms with van der Waals surface area (Å²) in [7, 11) is -2.53. The van der Waals surface area contributed by atoms with Gasteiger partial charge < -0.3 is 49.7 Å². The zero-order valence-corrected chi connectivity index (χ0v) is 40.2. The van der Waals surface area contributed by atoms with E-state index >= 15 is 0 Å².